The molecule has 1 heterocycles. The average molecular weight is 300 g/mol. The quantitative estimate of drug-likeness (QED) is 0.889. The molecule has 0 spiro atoms. The van der Waals surface area contributed by atoms with Gasteiger partial charge in [0.2, 0.25) is 5.91 Å². The number of carbonyl (C=O) groups excluding carboxylic acids is 1. The Kier molecular flexibility index (Phi) is 5.77. The first kappa shape index (κ1) is 16.7. The number of aryl methyl sites for hydroxylation is 2. The first-order valence-electron chi connectivity index (χ1n) is 6.70. The molecule has 1 aromatic rings. The van der Waals surface area contributed by atoms with Crippen LogP contribution in [0.4, 0.5) is 5.69 Å². The lowest BCUT2D eigenvalue weighted by atomic mass is 10.00. The molecule has 0 bridgehead atoms. The Bertz CT molecular complexity index is 542. The lowest BCUT2D eigenvalue weighted by Gasteiger charge is -2.15. The van der Waals surface area contributed by atoms with Crippen LogP contribution in [0.2, 0.25) is 0 Å². The van der Waals surface area contributed by atoms with Crippen LogP contribution in [-0.2, 0) is 11.8 Å². The predicted octanol–water partition coefficient (Wildman–Crippen LogP) is 1.57. The molecule has 2 atom stereocenters. The Morgan fingerprint density at radius 3 is 2.80 bits per heavy atom. The Morgan fingerprint density at radius 1 is 1.50 bits per heavy atom. The predicted molar refractivity (Wildman–Crippen MR) is 82.2 cm³/mol. The molecule has 1 aliphatic carbocycles. The summed E-state index contributed by atoms with van der Waals surface area (Å²) in [5.74, 6) is 0.124. The molecule has 5 nitrogen and oxygen atoms in total. The summed E-state index contributed by atoms with van der Waals surface area (Å²) < 4.78 is 1.48. The number of aromatic nitrogens is 1. The fraction of sp³-hybridized carbons (Fsp3) is 0.571. The summed E-state index contributed by atoms with van der Waals surface area (Å²) in [6, 6.07) is 1.82. The molecule has 0 saturated heterocycles. The highest BCUT2D eigenvalue weighted by Crippen LogP contribution is 2.26. The van der Waals surface area contributed by atoms with Crippen molar-refractivity contribution >= 4 is 24.0 Å². The van der Waals surface area contributed by atoms with Crippen molar-refractivity contribution < 1.29 is 4.79 Å². The van der Waals surface area contributed by atoms with Crippen LogP contribution < -0.4 is 16.6 Å². The number of carbonyl (C=O) groups is 1. The van der Waals surface area contributed by atoms with Gasteiger partial charge in [0.1, 0.15) is 5.69 Å². The van der Waals surface area contributed by atoms with Crippen molar-refractivity contribution in [3.8, 4) is 0 Å². The van der Waals surface area contributed by atoms with Gasteiger partial charge in [0.25, 0.3) is 5.56 Å². The zero-order valence-corrected chi connectivity index (χ0v) is 12.7. The lowest BCUT2D eigenvalue weighted by molar-refractivity contribution is -0.117. The summed E-state index contributed by atoms with van der Waals surface area (Å²) in [6.45, 7) is 1.89. The van der Waals surface area contributed by atoms with Gasteiger partial charge in [-0.15, -0.1) is 12.4 Å². The summed E-state index contributed by atoms with van der Waals surface area (Å²) in [5, 5.41) is 2.71. The van der Waals surface area contributed by atoms with E-state index >= 15 is 0 Å². The Balaban J connectivity index is 0.00000200. The standard InChI is InChI=1S/C14H21N3O2.ClH/c1-9-6-12(14(19)17(2)8-9)16-13(18)7-10-4-3-5-11(10)15;/h6,8,10-11H,3-5,7,15H2,1-2H3,(H,16,18);1H/t10-,11+;/m0./s1. The molecule has 112 valence electrons. The van der Waals surface area contributed by atoms with Gasteiger partial charge in [-0.3, -0.25) is 9.59 Å². The third kappa shape index (κ3) is 3.84. The maximum Gasteiger partial charge on any atom is 0.274 e. The third-order valence-electron chi connectivity index (χ3n) is 3.76. The van der Waals surface area contributed by atoms with E-state index in [0.29, 0.717) is 12.1 Å². The van der Waals surface area contributed by atoms with E-state index in [9.17, 15) is 9.59 Å². The summed E-state index contributed by atoms with van der Waals surface area (Å²) in [7, 11) is 1.68. The van der Waals surface area contributed by atoms with E-state index in [2.05, 4.69) is 5.32 Å². The highest BCUT2D eigenvalue weighted by atomic mass is 35.5. The number of nitrogens with zero attached hydrogens (tertiary/aromatic N) is 1. The molecule has 0 radical (unpaired) electrons. The third-order valence-corrected chi connectivity index (χ3v) is 3.76. The van der Waals surface area contributed by atoms with Crippen molar-refractivity contribution in [2.75, 3.05) is 5.32 Å². The van der Waals surface area contributed by atoms with Gasteiger partial charge in [-0.1, -0.05) is 6.42 Å². The minimum atomic E-state index is -0.185. The second-order valence-electron chi connectivity index (χ2n) is 5.45. The van der Waals surface area contributed by atoms with E-state index in [1.54, 1.807) is 19.3 Å². The molecular formula is C14H22ClN3O2. The van der Waals surface area contributed by atoms with Gasteiger partial charge in [0.05, 0.1) is 0 Å². The molecule has 1 aliphatic rings. The second kappa shape index (κ2) is 6.90. The number of halogens is 1. The Labute approximate surface area is 125 Å². The zero-order valence-electron chi connectivity index (χ0n) is 11.9. The number of hydrogen-bond donors (Lipinski definition) is 2. The molecule has 1 fully saturated rings. The number of pyridine rings is 1. The van der Waals surface area contributed by atoms with Crippen LogP contribution in [0.5, 0.6) is 0 Å². The van der Waals surface area contributed by atoms with Gasteiger partial charge in [-0.25, -0.2) is 0 Å². The van der Waals surface area contributed by atoms with Crippen molar-refractivity contribution in [2.45, 2.75) is 38.6 Å². The van der Waals surface area contributed by atoms with Gasteiger partial charge >= 0.3 is 0 Å². The average Bonchev–Trinajstić information content (AvgIpc) is 2.71. The fourth-order valence-corrected chi connectivity index (χ4v) is 2.73. The number of hydrogen-bond acceptors (Lipinski definition) is 3. The van der Waals surface area contributed by atoms with E-state index in [-0.39, 0.29) is 35.8 Å². The van der Waals surface area contributed by atoms with E-state index < -0.39 is 0 Å². The molecule has 2 rings (SSSR count). The van der Waals surface area contributed by atoms with Crippen LogP contribution in [0.15, 0.2) is 17.1 Å². The molecule has 0 unspecified atom stereocenters. The van der Waals surface area contributed by atoms with Crippen LogP contribution in [0.25, 0.3) is 0 Å². The van der Waals surface area contributed by atoms with E-state index in [0.717, 1.165) is 24.8 Å². The Morgan fingerprint density at radius 2 is 2.20 bits per heavy atom. The highest BCUT2D eigenvalue weighted by Gasteiger charge is 2.26. The molecule has 0 aromatic carbocycles. The maximum absolute atomic E-state index is 12.0. The van der Waals surface area contributed by atoms with Crippen LogP contribution in [0.3, 0.4) is 0 Å². The SMILES string of the molecule is Cc1cc(NC(=O)C[C@@H]2CCC[C@H]2N)c(=O)n(C)c1.Cl. The van der Waals surface area contributed by atoms with Crippen LogP contribution in [0, 0.1) is 12.8 Å². The summed E-state index contributed by atoms with van der Waals surface area (Å²) >= 11 is 0. The van der Waals surface area contributed by atoms with Crippen LogP contribution in [0.1, 0.15) is 31.2 Å². The molecule has 20 heavy (non-hydrogen) atoms. The second-order valence-corrected chi connectivity index (χ2v) is 5.45. The summed E-state index contributed by atoms with van der Waals surface area (Å²) in [4.78, 5) is 23.9. The number of anilines is 1. The minimum absolute atomic E-state index is 0. The molecule has 1 saturated carbocycles. The first-order valence-corrected chi connectivity index (χ1v) is 6.70. The van der Waals surface area contributed by atoms with Gasteiger partial charge in [0.15, 0.2) is 0 Å². The van der Waals surface area contributed by atoms with Gasteiger partial charge in [-0.2, -0.15) is 0 Å². The topological polar surface area (TPSA) is 77.1 Å². The number of rotatable bonds is 3. The Hall–Kier alpha value is -1.33. The van der Waals surface area contributed by atoms with E-state index in [1.807, 2.05) is 6.92 Å². The maximum atomic E-state index is 12.0. The number of nitrogens with two attached hydrogens (primary N) is 1. The van der Waals surface area contributed by atoms with Crippen LogP contribution >= 0.6 is 12.4 Å². The zero-order chi connectivity index (χ0) is 14.0. The largest absolute Gasteiger partial charge is 0.327 e. The van der Waals surface area contributed by atoms with E-state index in [1.165, 1.54) is 4.57 Å². The van der Waals surface area contributed by atoms with Crippen molar-refractivity contribution in [1.82, 2.24) is 4.57 Å². The van der Waals surface area contributed by atoms with Crippen molar-refractivity contribution in [1.29, 1.82) is 0 Å². The highest BCUT2D eigenvalue weighted by molar-refractivity contribution is 5.90. The molecule has 3 N–H and O–H groups in total. The van der Waals surface area contributed by atoms with Crippen molar-refractivity contribution in [3.63, 3.8) is 0 Å². The smallest absolute Gasteiger partial charge is 0.274 e. The van der Waals surface area contributed by atoms with Crippen molar-refractivity contribution in [2.24, 2.45) is 18.7 Å². The minimum Gasteiger partial charge on any atom is -0.327 e. The summed E-state index contributed by atoms with van der Waals surface area (Å²) in [6.07, 6.45) is 5.22. The number of nitrogens with one attached hydrogen (secondary N) is 1. The molecule has 1 amide bonds. The fourth-order valence-electron chi connectivity index (χ4n) is 2.73. The molecule has 1 aromatic heterocycles. The normalized spacial score (nSPS) is 21.4. The molecular weight excluding hydrogens is 278 g/mol. The van der Waals surface area contributed by atoms with E-state index in [4.69, 9.17) is 5.73 Å². The lowest BCUT2D eigenvalue weighted by Crippen LogP contribution is -2.30. The van der Waals surface area contributed by atoms with Gasteiger partial charge in [-0.05, 0) is 37.3 Å². The van der Waals surface area contributed by atoms with Gasteiger partial charge < -0.3 is 15.6 Å². The monoisotopic (exact) mass is 299 g/mol. The molecule has 0 aliphatic heterocycles. The number of amides is 1. The van der Waals surface area contributed by atoms with Crippen molar-refractivity contribution in [3.05, 3.63) is 28.2 Å². The first-order chi connectivity index (χ1) is 8.97. The summed E-state index contributed by atoms with van der Waals surface area (Å²) in [5.41, 5.74) is 7.05. The van der Waals surface area contributed by atoms with Crippen LogP contribution in [-0.4, -0.2) is 16.5 Å². The van der Waals surface area contributed by atoms with Gasteiger partial charge in [0, 0.05) is 25.7 Å². The molecule has 6 heteroatoms.